The maximum Gasteiger partial charge on any atom is 0.320 e. The Morgan fingerprint density at radius 1 is 1.60 bits per heavy atom. The molecule has 2 fully saturated rings. The summed E-state index contributed by atoms with van der Waals surface area (Å²) >= 11 is 1.86. The Bertz CT molecular complexity index is 173. The van der Waals surface area contributed by atoms with E-state index in [2.05, 4.69) is 4.90 Å². The lowest BCUT2D eigenvalue weighted by Crippen LogP contribution is -2.45. The molecule has 1 N–H and O–H groups in total. The summed E-state index contributed by atoms with van der Waals surface area (Å²) in [4.78, 5) is 12.6. The minimum Gasteiger partial charge on any atom is -0.480 e. The predicted octanol–water partition coefficient (Wildman–Crippen LogP) is 0.566. The Balaban J connectivity index is 2.05. The molecule has 2 unspecified atom stereocenters. The predicted molar refractivity (Wildman–Crippen MR) is 38.7 cm³/mol. The van der Waals surface area contributed by atoms with Gasteiger partial charge in [0.25, 0.3) is 0 Å². The number of thioether (sulfide) groups is 1. The van der Waals surface area contributed by atoms with E-state index in [-0.39, 0.29) is 6.04 Å². The van der Waals surface area contributed by atoms with Gasteiger partial charge in [-0.1, -0.05) is 0 Å². The van der Waals surface area contributed by atoms with Crippen molar-refractivity contribution >= 4 is 17.7 Å². The van der Waals surface area contributed by atoms with Crippen LogP contribution in [0.15, 0.2) is 0 Å². The Kier molecular flexibility index (Phi) is 1.38. The van der Waals surface area contributed by atoms with Gasteiger partial charge in [-0.15, -0.1) is 11.8 Å². The van der Waals surface area contributed by atoms with E-state index in [0.717, 1.165) is 18.7 Å². The molecule has 0 radical (unpaired) electrons. The molecule has 2 atom stereocenters. The molecule has 2 rings (SSSR count). The summed E-state index contributed by atoms with van der Waals surface area (Å²) in [6.45, 7) is 0. The largest absolute Gasteiger partial charge is 0.480 e. The van der Waals surface area contributed by atoms with E-state index in [1.807, 2.05) is 11.8 Å². The van der Waals surface area contributed by atoms with Gasteiger partial charge < -0.3 is 5.11 Å². The van der Waals surface area contributed by atoms with Crippen molar-refractivity contribution in [2.45, 2.75) is 24.3 Å². The third kappa shape index (κ3) is 0.754. The fraction of sp³-hybridized carbons (Fsp3) is 0.833. The molecule has 56 valence electrons. The van der Waals surface area contributed by atoms with Gasteiger partial charge in [-0.3, -0.25) is 9.69 Å². The zero-order chi connectivity index (χ0) is 7.14. The highest BCUT2D eigenvalue weighted by molar-refractivity contribution is 8.01. The molecule has 0 aliphatic carbocycles. The van der Waals surface area contributed by atoms with Crippen LogP contribution in [0.2, 0.25) is 0 Å². The van der Waals surface area contributed by atoms with Crippen LogP contribution in [-0.4, -0.2) is 33.3 Å². The molecule has 3 nitrogen and oxygen atoms in total. The number of carboxylic acid groups (broad SMARTS) is 1. The highest BCUT2D eigenvalue weighted by atomic mass is 32.2. The van der Waals surface area contributed by atoms with Crippen LogP contribution in [0.1, 0.15) is 12.8 Å². The van der Waals surface area contributed by atoms with E-state index in [9.17, 15) is 4.79 Å². The van der Waals surface area contributed by atoms with Crippen LogP contribution in [-0.2, 0) is 4.79 Å². The first-order valence-electron chi connectivity index (χ1n) is 3.39. The van der Waals surface area contributed by atoms with Gasteiger partial charge >= 0.3 is 5.97 Å². The molecule has 0 aromatic carbocycles. The Morgan fingerprint density at radius 3 is 2.70 bits per heavy atom. The molecule has 0 amide bonds. The average molecular weight is 159 g/mol. The Hall–Kier alpha value is -0.220. The van der Waals surface area contributed by atoms with Crippen LogP contribution < -0.4 is 0 Å². The number of carbonyl (C=O) groups is 1. The molecular weight excluding hydrogens is 150 g/mol. The number of fused-ring (bicyclic) bond motifs is 1. The van der Waals surface area contributed by atoms with Crippen molar-refractivity contribution in [2.75, 3.05) is 5.88 Å². The highest BCUT2D eigenvalue weighted by Gasteiger charge is 2.43. The molecule has 0 aromatic rings. The van der Waals surface area contributed by atoms with Crippen molar-refractivity contribution in [1.82, 2.24) is 4.90 Å². The fourth-order valence-corrected chi connectivity index (χ4v) is 2.70. The molecule has 2 aliphatic rings. The number of aliphatic carboxylic acids is 1. The van der Waals surface area contributed by atoms with Gasteiger partial charge in [0, 0.05) is 5.88 Å². The third-order valence-corrected chi connectivity index (χ3v) is 3.50. The lowest BCUT2D eigenvalue weighted by atomic mass is 10.2. The summed E-state index contributed by atoms with van der Waals surface area (Å²) in [5, 5.41) is 9.21. The van der Waals surface area contributed by atoms with Gasteiger partial charge in [0.1, 0.15) is 6.04 Å². The molecule has 4 heteroatoms. The van der Waals surface area contributed by atoms with Crippen LogP contribution in [0.3, 0.4) is 0 Å². The minimum atomic E-state index is -0.650. The van der Waals surface area contributed by atoms with E-state index >= 15 is 0 Å². The summed E-state index contributed by atoms with van der Waals surface area (Å²) < 4.78 is 0. The molecule has 2 aliphatic heterocycles. The van der Waals surface area contributed by atoms with Crippen LogP contribution >= 0.6 is 11.8 Å². The van der Waals surface area contributed by atoms with Crippen LogP contribution in [0.5, 0.6) is 0 Å². The van der Waals surface area contributed by atoms with Crippen LogP contribution in [0.4, 0.5) is 0 Å². The topological polar surface area (TPSA) is 40.5 Å². The van der Waals surface area contributed by atoms with Gasteiger partial charge in [0.15, 0.2) is 0 Å². The number of hydrogen-bond acceptors (Lipinski definition) is 3. The molecule has 0 spiro atoms. The number of carboxylic acids is 1. The first-order chi connectivity index (χ1) is 4.79. The monoisotopic (exact) mass is 159 g/mol. The quantitative estimate of drug-likeness (QED) is 0.607. The van der Waals surface area contributed by atoms with Crippen molar-refractivity contribution < 1.29 is 9.90 Å². The lowest BCUT2D eigenvalue weighted by molar-refractivity contribution is -0.142. The van der Waals surface area contributed by atoms with Crippen LogP contribution in [0.25, 0.3) is 0 Å². The molecular formula is C6H9NO2S. The molecule has 0 aromatic heterocycles. The van der Waals surface area contributed by atoms with Crippen molar-refractivity contribution in [3.8, 4) is 0 Å². The van der Waals surface area contributed by atoms with Crippen molar-refractivity contribution in [3.05, 3.63) is 0 Å². The van der Waals surface area contributed by atoms with E-state index in [4.69, 9.17) is 5.11 Å². The standard InChI is InChI=1S/C6H9NO2S/c8-6(9)4-1-2-5-7(4)3-10-5/h4-5H,1-3H2,(H,8,9). The summed E-state index contributed by atoms with van der Waals surface area (Å²) in [5.74, 6) is 0.268. The summed E-state index contributed by atoms with van der Waals surface area (Å²) in [7, 11) is 0. The number of nitrogens with zero attached hydrogens (tertiary/aromatic N) is 1. The van der Waals surface area contributed by atoms with Crippen molar-refractivity contribution in [2.24, 2.45) is 0 Å². The second-order valence-electron chi connectivity index (χ2n) is 2.70. The minimum absolute atomic E-state index is 0.175. The van der Waals surface area contributed by atoms with Gasteiger partial charge in [-0.25, -0.2) is 0 Å². The fourth-order valence-electron chi connectivity index (χ4n) is 1.54. The van der Waals surface area contributed by atoms with Gasteiger partial charge in [0.05, 0.1) is 5.37 Å². The normalized spacial score (nSPS) is 38.8. The molecule has 10 heavy (non-hydrogen) atoms. The maximum atomic E-state index is 10.5. The Morgan fingerprint density at radius 2 is 2.40 bits per heavy atom. The van der Waals surface area contributed by atoms with Gasteiger partial charge in [-0.2, -0.15) is 0 Å². The first-order valence-corrected chi connectivity index (χ1v) is 4.44. The Labute approximate surface area is 63.4 Å². The molecule has 2 saturated heterocycles. The van der Waals surface area contributed by atoms with Gasteiger partial charge in [0.2, 0.25) is 0 Å². The summed E-state index contributed by atoms with van der Waals surface area (Å²) in [6.07, 6.45) is 1.90. The van der Waals surface area contributed by atoms with E-state index in [1.165, 1.54) is 0 Å². The van der Waals surface area contributed by atoms with E-state index in [1.54, 1.807) is 0 Å². The first kappa shape index (κ1) is 6.49. The molecule has 2 heterocycles. The maximum absolute atomic E-state index is 10.5. The number of rotatable bonds is 1. The van der Waals surface area contributed by atoms with E-state index in [0.29, 0.717) is 5.37 Å². The molecule has 0 bridgehead atoms. The summed E-state index contributed by atoms with van der Waals surface area (Å²) in [6, 6.07) is -0.175. The zero-order valence-electron chi connectivity index (χ0n) is 5.49. The van der Waals surface area contributed by atoms with E-state index < -0.39 is 5.97 Å². The van der Waals surface area contributed by atoms with Gasteiger partial charge in [-0.05, 0) is 12.8 Å². The third-order valence-electron chi connectivity index (χ3n) is 2.16. The SMILES string of the molecule is O=C(O)C1CCC2SCN21. The zero-order valence-corrected chi connectivity index (χ0v) is 6.30. The average Bonchev–Trinajstić information content (AvgIpc) is 2.07. The second kappa shape index (κ2) is 2.13. The molecule has 0 saturated carbocycles. The lowest BCUT2D eigenvalue weighted by Gasteiger charge is -2.36. The smallest absolute Gasteiger partial charge is 0.320 e. The van der Waals surface area contributed by atoms with Crippen LogP contribution in [0, 0.1) is 0 Å². The van der Waals surface area contributed by atoms with Crippen molar-refractivity contribution in [1.29, 1.82) is 0 Å². The highest BCUT2D eigenvalue weighted by Crippen LogP contribution is 2.41. The van der Waals surface area contributed by atoms with Crippen molar-refractivity contribution in [3.63, 3.8) is 0 Å². The number of hydrogen-bond donors (Lipinski definition) is 1. The summed E-state index contributed by atoms with van der Waals surface area (Å²) in [5.41, 5.74) is 0. The second-order valence-corrected chi connectivity index (χ2v) is 3.83.